The van der Waals surface area contributed by atoms with Gasteiger partial charge in [-0.05, 0) is 48.4 Å². The van der Waals surface area contributed by atoms with Gasteiger partial charge in [0, 0.05) is 16.3 Å². The van der Waals surface area contributed by atoms with Gasteiger partial charge in [-0.2, -0.15) is 0 Å². The molecule has 1 atom stereocenters. The zero-order chi connectivity index (χ0) is 19.3. The van der Waals surface area contributed by atoms with E-state index in [1.54, 1.807) is 42.5 Å². The van der Waals surface area contributed by atoms with Crippen molar-refractivity contribution in [2.75, 3.05) is 12.4 Å². The molecule has 0 unspecified atom stereocenters. The molecule has 0 heterocycles. The lowest BCUT2D eigenvalue weighted by Crippen LogP contribution is -2.47. The van der Waals surface area contributed by atoms with Crippen LogP contribution in [0.1, 0.15) is 24.2 Å². The quantitative estimate of drug-likeness (QED) is 0.762. The lowest BCUT2D eigenvalue weighted by atomic mass is 10.0. The Bertz CT molecular complexity index is 792. The smallest absolute Gasteiger partial charge is 0.251 e. The molecule has 2 N–H and O–H groups in total. The van der Waals surface area contributed by atoms with Crippen molar-refractivity contribution in [1.82, 2.24) is 5.32 Å². The first-order valence-electron chi connectivity index (χ1n) is 8.02. The summed E-state index contributed by atoms with van der Waals surface area (Å²) in [5.74, 6) is -0.270. The van der Waals surface area contributed by atoms with E-state index >= 15 is 0 Å². The summed E-state index contributed by atoms with van der Waals surface area (Å²) in [5, 5.41) is 6.45. The molecule has 0 fully saturated rings. The minimum Gasteiger partial charge on any atom is -0.495 e. The van der Waals surface area contributed by atoms with Crippen molar-refractivity contribution >= 4 is 40.7 Å². The number of carbonyl (C=O) groups excluding carboxylic acids is 2. The molecule has 2 aromatic rings. The van der Waals surface area contributed by atoms with Gasteiger partial charge in [0.1, 0.15) is 11.8 Å². The Morgan fingerprint density at radius 3 is 2.23 bits per heavy atom. The Hall–Kier alpha value is -2.24. The van der Waals surface area contributed by atoms with Crippen molar-refractivity contribution in [2.45, 2.75) is 19.9 Å². The number of hydrogen-bond donors (Lipinski definition) is 2. The molecule has 0 aliphatic rings. The van der Waals surface area contributed by atoms with E-state index in [4.69, 9.17) is 27.9 Å². The molecular formula is C19H20Cl2N2O3. The molecule has 0 bridgehead atoms. The second kappa shape index (κ2) is 8.92. The Labute approximate surface area is 162 Å². The first-order valence-corrected chi connectivity index (χ1v) is 8.78. The summed E-state index contributed by atoms with van der Waals surface area (Å²) in [5.41, 5.74) is 0.951. The SMILES string of the molecule is COc1ccc(NC(=O)[C@@H](NC(=O)c2ccc(Cl)cc2)C(C)C)cc1Cl. The molecule has 0 saturated carbocycles. The molecule has 0 radical (unpaired) electrons. The van der Waals surface area contributed by atoms with Crippen molar-refractivity contribution in [3.05, 3.63) is 58.1 Å². The molecule has 0 spiro atoms. The summed E-state index contributed by atoms with van der Waals surface area (Å²) in [6.07, 6.45) is 0. The monoisotopic (exact) mass is 394 g/mol. The lowest BCUT2D eigenvalue weighted by Gasteiger charge is -2.22. The maximum absolute atomic E-state index is 12.6. The fraction of sp³-hybridized carbons (Fsp3) is 0.263. The van der Waals surface area contributed by atoms with Crippen molar-refractivity contribution in [3.63, 3.8) is 0 Å². The Morgan fingerprint density at radius 2 is 1.69 bits per heavy atom. The van der Waals surface area contributed by atoms with Crippen molar-refractivity contribution < 1.29 is 14.3 Å². The standard InChI is InChI=1S/C19H20Cl2N2O3/c1-11(2)17(23-18(24)12-4-6-13(20)7-5-12)19(25)22-14-8-9-16(26-3)15(21)10-14/h4-11,17H,1-3H3,(H,22,25)(H,23,24)/t17-/m0/s1. The highest BCUT2D eigenvalue weighted by atomic mass is 35.5. The van der Waals surface area contributed by atoms with E-state index in [2.05, 4.69) is 10.6 Å². The molecular weight excluding hydrogens is 375 g/mol. The Kier molecular flexibility index (Phi) is 6.89. The number of methoxy groups -OCH3 is 1. The Balaban J connectivity index is 2.10. The molecule has 26 heavy (non-hydrogen) atoms. The average molecular weight is 395 g/mol. The minimum atomic E-state index is -0.709. The van der Waals surface area contributed by atoms with Gasteiger partial charge in [0.05, 0.1) is 12.1 Å². The van der Waals surface area contributed by atoms with E-state index in [-0.39, 0.29) is 17.7 Å². The van der Waals surface area contributed by atoms with E-state index < -0.39 is 6.04 Å². The van der Waals surface area contributed by atoms with Crippen LogP contribution in [0.3, 0.4) is 0 Å². The first kappa shape index (κ1) is 20.1. The molecule has 0 aliphatic carbocycles. The number of anilines is 1. The van der Waals surface area contributed by atoms with Crippen LogP contribution in [0.25, 0.3) is 0 Å². The lowest BCUT2D eigenvalue weighted by molar-refractivity contribution is -0.118. The van der Waals surface area contributed by atoms with Gasteiger partial charge in [-0.3, -0.25) is 9.59 Å². The molecule has 2 aromatic carbocycles. The van der Waals surface area contributed by atoms with Crippen LogP contribution in [0.4, 0.5) is 5.69 Å². The summed E-state index contributed by atoms with van der Waals surface area (Å²) >= 11 is 11.9. The van der Waals surface area contributed by atoms with Crippen molar-refractivity contribution in [3.8, 4) is 5.75 Å². The summed E-state index contributed by atoms with van der Waals surface area (Å²) in [6, 6.07) is 10.7. The number of rotatable bonds is 6. The number of amides is 2. The van der Waals surface area contributed by atoms with Gasteiger partial charge in [0.15, 0.2) is 0 Å². The zero-order valence-corrected chi connectivity index (χ0v) is 16.2. The molecule has 138 valence electrons. The topological polar surface area (TPSA) is 67.4 Å². The molecule has 2 amide bonds. The molecule has 0 saturated heterocycles. The maximum atomic E-state index is 12.6. The van der Waals surface area contributed by atoms with E-state index in [0.717, 1.165) is 0 Å². The van der Waals surface area contributed by atoms with Gasteiger partial charge < -0.3 is 15.4 Å². The molecule has 2 rings (SSSR count). The van der Waals surface area contributed by atoms with Gasteiger partial charge in [-0.25, -0.2) is 0 Å². The third-order valence-corrected chi connectivity index (χ3v) is 4.31. The summed E-state index contributed by atoms with van der Waals surface area (Å²) in [7, 11) is 1.51. The fourth-order valence-electron chi connectivity index (χ4n) is 2.32. The minimum absolute atomic E-state index is 0.111. The normalized spacial score (nSPS) is 11.8. The van der Waals surface area contributed by atoms with Gasteiger partial charge >= 0.3 is 0 Å². The third kappa shape index (κ3) is 5.13. The predicted molar refractivity (Wildman–Crippen MR) is 104 cm³/mol. The van der Waals surface area contributed by atoms with E-state index in [1.165, 1.54) is 7.11 Å². The van der Waals surface area contributed by atoms with Crippen molar-refractivity contribution in [2.24, 2.45) is 5.92 Å². The zero-order valence-electron chi connectivity index (χ0n) is 14.7. The van der Waals surface area contributed by atoms with Gasteiger partial charge in [-0.1, -0.05) is 37.0 Å². The van der Waals surface area contributed by atoms with Crippen LogP contribution in [-0.2, 0) is 4.79 Å². The van der Waals surface area contributed by atoms with Gasteiger partial charge in [-0.15, -0.1) is 0 Å². The highest BCUT2D eigenvalue weighted by Gasteiger charge is 2.25. The molecule has 7 heteroatoms. The number of halogens is 2. The highest BCUT2D eigenvalue weighted by Crippen LogP contribution is 2.27. The third-order valence-electron chi connectivity index (χ3n) is 3.76. The fourth-order valence-corrected chi connectivity index (χ4v) is 2.71. The average Bonchev–Trinajstić information content (AvgIpc) is 2.59. The van der Waals surface area contributed by atoms with E-state index in [0.29, 0.717) is 27.0 Å². The van der Waals surface area contributed by atoms with E-state index in [9.17, 15) is 9.59 Å². The van der Waals surface area contributed by atoms with Gasteiger partial charge in [0.25, 0.3) is 5.91 Å². The van der Waals surface area contributed by atoms with Crippen LogP contribution >= 0.6 is 23.2 Å². The number of benzene rings is 2. The van der Waals surface area contributed by atoms with Crippen LogP contribution in [0.2, 0.25) is 10.0 Å². The number of ether oxygens (including phenoxy) is 1. The van der Waals surface area contributed by atoms with Gasteiger partial charge in [0.2, 0.25) is 5.91 Å². The Morgan fingerprint density at radius 1 is 1.04 bits per heavy atom. The van der Waals surface area contributed by atoms with Crippen LogP contribution in [0.5, 0.6) is 5.75 Å². The van der Waals surface area contributed by atoms with E-state index in [1.807, 2.05) is 13.8 Å². The summed E-state index contributed by atoms with van der Waals surface area (Å²) in [6.45, 7) is 3.71. The maximum Gasteiger partial charge on any atom is 0.251 e. The molecule has 5 nitrogen and oxygen atoms in total. The predicted octanol–water partition coefficient (Wildman–Crippen LogP) is 4.40. The molecule has 0 aliphatic heterocycles. The van der Waals surface area contributed by atoms with Crippen molar-refractivity contribution in [1.29, 1.82) is 0 Å². The van der Waals surface area contributed by atoms with Crippen LogP contribution in [0, 0.1) is 5.92 Å². The van der Waals surface area contributed by atoms with Crippen LogP contribution < -0.4 is 15.4 Å². The second-order valence-electron chi connectivity index (χ2n) is 6.04. The summed E-state index contributed by atoms with van der Waals surface area (Å²) in [4.78, 5) is 25.0. The highest BCUT2D eigenvalue weighted by molar-refractivity contribution is 6.32. The van der Waals surface area contributed by atoms with Crippen LogP contribution in [-0.4, -0.2) is 25.0 Å². The molecule has 0 aromatic heterocycles. The number of carbonyl (C=O) groups is 2. The largest absolute Gasteiger partial charge is 0.495 e. The number of hydrogen-bond acceptors (Lipinski definition) is 3. The second-order valence-corrected chi connectivity index (χ2v) is 6.88. The first-order chi connectivity index (χ1) is 12.3. The summed E-state index contributed by atoms with van der Waals surface area (Å²) < 4.78 is 5.09. The number of nitrogens with one attached hydrogen (secondary N) is 2. The van der Waals surface area contributed by atoms with Crippen LogP contribution in [0.15, 0.2) is 42.5 Å².